The van der Waals surface area contributed by atoms with E-state index in [0.717, 1.165) is 5.56 Å². The van der Waals surface area contributed by atoms with Crippen LogP contribution in [0.3, 0.4) is 0 Å². The maximum atomic E-state index is 10.8. The maximum absolute atomic E-state index is 10.8. The van der Waals surface area contributed by atoms with Crippen LogP contribution in [0.5, 0.6) is 5.75 Å². The number of benzene rings is 1. The Balaban J connectivity index is 2.93. The van der Waals surface area contributed by atoms with Crippen molar-refractivity contribution in [2.75, 3.05) is 20.3 Å². The minimum absolute atomic E-state index is 0.0397. The maximum Gasteiger partial charge on any atom is 0.404 e. The molecule has 0 fully saturated rings. The lowest BCUT2D eigenvalue weighted by Gasteiger charge is -2.28. The van der Waals surface area contributed by atoms with Crippen molar-refractivity contribution in [1.29, 1.82) is 0 Å². The van der Waals surface area contributed by atoms with Crippen LogP contribution in [-0.4, -0.2) is 32.5 Å². The van der Waals surface area contributed by atoms with Crippen LogP contribution in [0.15, 0.2) is 24.3 Å². The zero-order chi connectivity index (χ0) is 15.2. The summed E-state index contributed by atoms with van der Waals surface area (Å²) in [6.45, 7) is 1.69. The molecule has 20 heavy (non-hydrogen) atoms. The highest BCUT2D eigenvalue weighted by atomic mass is 16.6. The van der Waals surface area contributed by atoms with E-state index < -0.39 is 17.6 Å². The van der Waals surface area contributed by atoms with E-state index in [-0.39, 0.29) is 13.2 Å². The topological polar surface area (TPSA) is 114 Å². The minimum atomic E-state index is -0.899. The lowest BCUT2D eigenvalue weighted by atomic mass is 9.84. The van der Waals surface area contributed by atoms with Gasteiger partial charge in [0, 0.05) is 0 Å². The quantitative estimate of drug-likeness (QED) is 0.812. The normalized spacial score (nSPS) is 10.7. The first kappa shape index (κ1) is 15.6. The van der Waals surface area contributed by atoms with Crippen LogP contribution in [0.4, 0.5) is 9.59 Å². The van der Waals surface area contributed by atoms with E-state index in [1.54, 1.807) is 38.3 Å². The molecule has 0 radical (unpaired) electrons. The van der Waals surface area contributed by atoms with Crippen molar-refractivity contribution in [3.05, 3.63) is 29.8 Å². The van der Waals surface area contributed by atoms with Gasteiger partial charge in [0.25, 0.3) is 0 Å². The van der Waals surface area contributed by atoms with Gasteiger partial charge in [-0.05, 0) is 24.6 Å². The van der Waals surface area contributed by atoms with Crippen molar-refractivity contribution in [2.45, 2.75) is 12.3 Å². The van der Waals surface area contributed by atoms with Crippen molar-refractivity contribution < 1.29 is 23.8 Å². The zero-order valence-corrected chi connectivity index (χ0v) is 11.4. The third kappa shape index (κ3) is 4.34. The summed E-state index contributed by atoms with van der Waals surface area (Å²) in [5, 5.41) is 0. The molecule has 4 N–H and O–H groups in total. The highest BCUT2D eigenvalue weighted by Crippen LogP contribution is 2.26. The number of hydrogen-bond donors (Lipinski definition) is 2. The standard InChI is InChI=1S/C13H18N2O5/c1-13(7-19-11(14)16,8-20-12(15)17)9-3-5-10(18-2)6-4-9/h3-6H,7-8H2,1-2H3,(H2,14,16)(H2,15,17). The van der Waals surface area contributed by atoms with Crippen molar-refractivity contribution in [1.82, 2.24) is 0 Å². The van der Waals surface area contributed by atoms with Gasteiger partial charge in [-0.25, -0.2) is 9.59 Å². The Hall–Kier alpha value is -2.44. The smallest absolute Gasteiger partial charge is 0.404 e. The van der Waals surface area contributed by atoms with Gasteiger partial charge in [0.1, 0.15) is 19.0 Å². The number of ether oxygens (including phenoxy) is 3. The van der Waals surface area contributed by atoms with Gasteiger partial charge < -0.3 is 25.7 Å². The number of amides is 2. The van der Waals surface area contributed by atoms with Gasteiger partial charge in [-0.2, -0.15) is 0 Å². The van der Waals surface area contributed by atoms with Crippen molar-refractivity contribution >= 4 is 12.2 Å². The SMILES string of the molecule is COc1ccc(C(C)(COC(N)=O)COC(N)=O)cc1. The van der Waals surface area contributed by atoms with E-state index in [4.69, 9.17) is 25.7 Å². The van der Waals surface area contributed by atoms with Gasteiger partial charge in [0.2, 0.25) is 0 Å². The minimum Gasteiger partial charge on any atom is -0.497 e. The number of methoxy groups -OCH3 is 1. The molecule has 0 spiro atoms. The predicted octanol–water partition coefficient (Wildman–Crippen LogP) is 1.14. The summed E-state index contributed by atoms with van der Waals surface area (Å²) >= 11 is 0. The Morgan fingerprint density at radius 3 is 1.85 bits per heavy atom. The summed E-state index contributed by atoms with van der Waals surface area (Å²) in [6, 6.07) is 7.07. The molecule has 0 aliphatic rings. The van der Waals surface area contributed by atoms with E-state index in [0.29, 0.717) is 5.75 Å². The summed E-state index contributed by atoms with van der Waals surface area (Å²) in [5.41, 5.74) is 9.97. The fourth-order valence-corrected chi connectivity index (χ4v) is 1.66. The molecule has 0 bridgehead atoms. The van der Waals surface area contributed by atoms with Crippen LogP contribution in [0.2, 0.25) is 0 Å². The first-order valence-electron chi connectivity index (χ1n) is 5.86. The third-order valence-corrected chi connectivity index (χ3v) is 2.85. The van der Waals surface area contributed by atoms with E-state index >= 15 is 0 Å². The van der Waals surface area contributed by atoms with E-state index in [1.165, 1.54) is 0 Å². The first-order valence-corrected chi connectivity index (χ1v) is 5.86. The predicted molar refractivity (Wildman–Crippen MR) is 71.4 cm³/mol. The van der Waals surface area contributed by atoms with Crippen LogP contribution < -0.4 is 16.2 Å². The van der Waals surface area contributed by atoms with Gasteiger partial charge in [-0.15, -0.1) is 0 Å². The van der Waals surface area contributed by atoms with E-state index in [2.05, 4.69) is 0 Å². The second-order valence-electron chi connectivity index (χ2n) is 4.50. The molecule has 0 unspecified atom stereocenters. The lowest BCUT2D eigenvalue weighted by Crippen LogP contribution is -2.37. The molecule has 1 aromatic rings. The Morgan fingerprint density at radius 1 is 1.05 bits per heavy atom. The van der Waals surface area contributed by atoms with Crippen LogP contribution in [-0.2, 0) is 14.9 Å². The number of primary amides is 2. The Kier molecular flexibility index (Phi) is 5.19. The molecule has 0 aromatic heterocycles. The number of hydrogen-bond acceptors (Lipinski definition) is 5. The van der Waals surface area contributed by atoms with E-state index in [9.17, 15) is 9.59 Å². The first-order chi connectivity index (χ1) is 9.37. The molecule has 7 nitrogen and oxygen atoms in total. The van der Waals surface area contributed by atoms with Gasteiger partial charge in [0.15, 0.2) is 0 Å². The van der Waals surface area contributed by atoms with Crippen molar-refractivity contribution in [3.63, 3.8) is 0 Å². The monoisotopic (exact) mass is 282 g/mol. The molecule has 0 aliphatic heterocycles. The van der Waals surface area contributed by atoms with Crippen LogP contribution in [0.1, 0.15) is 12.5 Å². The largest absolute Gasteiger partial charge is 0.497 e. The molecular formula is C13H18N2O5. The Labute approximate surface area is 116 Å². The second-order valence-corrected chi connectivity index (χ2v) is 4.50. The van der Waals surface area contributed by atoms with Gasteiger partial charge in [-0.1, -0.05) is 12.1 Å². The van der Waals surface area contributed by atoms with Crippen LogP contribution in [0, 0.1) is 0 Å². The van der Waals surface area contributed by atoms with Crippen LogP contribution in [0.25, 0.3) is 0 Å². The average Bonchev–Trinajstić information content (AvgIpc) is 2.43. The van der Waals surface area contributed by atoms with Crippen molar-refractivity contribution in [2.24, 2.45) is 11.5 Å². The number of nitrogens with two attached hydrogens (primary N) is 2. The second kappa shape index (κ2) is 6.65. The summed E-state index contributed by atoms with van der Waals surface area (Å²) in [6.07, 6.45) is -1.80. The van der Waals surface area contributed by atoms with Crippen LogP contribution >= 0.6 is 0 Å². The lowest BCUT2D eigenvalue weighted by molar-refractivity contribution is 0.0816. The molecule has 7 heteroatoms. The average molecular weight is 282 g/mol. The highest BCUT2D eigenvalue weighted by Gasteiger charge is 2.30. The molecule has 0 saturated heterocycles. The number of carbonyl (C=O) groups is 2. The number of rotatable bonds is 6. The van der Waals surface area contributed by atoms with Gasteiger partial charge in [-0.3, -0.25) is 0 Å². The summed E-state index contributed by atoms with van der Waals surface area (Å²) < 4.78 is 14.7. The summed E-state index contributed by atoms with van der Waals surface area (Å²) in [4.78, 5) is 21.5. The summed E-state index contributed by atoms with van der Waals surface area (Å²) in [7, 11) is 1.56. The van der Waals surface area contributed by atoms with Gasteiger partial charge in [0.05, 0.1) is 12.5 Å². The van der Waals surface area contributed by atoms with E-state index in [1.807, 2.05) is 0 Å². The molecule has 1 rings (SSSR count). The summed E-state index contributed by atoms with van der Waals surface area (Å²) in [5.74, 6) is 0.683. The zero-order valence-electron chi connectivity index (χ0n) is 11.4. The highest BCUT2D eigenvalue weighted by molar-refractivity contribution is 5.65. The van der Waals surface area contributed by atoms with Crippen molar-refractivity contribution in [3.8, 4) is 5.75 Å². The molecule has 110 valence electrons. The molecule has 2 amide bonds. The van der Waals surface area contributed by atoms with Gasteiger partial charge >= 0.3 is 12.2 Å². The molecule has 0 saturated carbocycles. The molecular weight excluding hydrogens is 264 g/mol. The Bertz CT molecular complexity index is 454. The molecule has 0 aliphatic carbocycles. The molecule has 0 atom stereocenters. The fourth-order valence-electron chi connectivity index (χ4n) is 1.66. The fraction of sp³-hybridized carbons (Fsp3) is 0.385. The molecule has 1 aromatic carbocycles. The number of carbonyl (C=O) groups excluding carboxylic acids is 2. The Morgan fingerprint density at radius 2 is 1.50 bits per heavy atom. The molecule has 0 heterocycles. The third-order valence-electron chi connectivity index (χ3n) is 2.85.